The zero-order valence-corrected chi connectivity index (χ0v) is 18.0. The number of aromatic nitrogens is 3. The molecule has 0 unspecified atom stereocenters. The highest BCUT2D eigenvalue weighted by Gasteiger charge is 2.44. The first kappa shape index (κ1) is 22.6. The van der Waals surface area contributed by atoms with E-state index in [0.29, 0.717) is 15.3 Å². The number of urea groups is 1. The van der Waals surface area contributed by atoms with Crippen LogP contribution in [0.5, 0.6) is 0 Å². The van der Waals surface area contributed by atoms with Gasteiger partial charge in [-0.3, -0.25) is 0 Å². The van der Waals surface area contributed by atoms with Crippen LogP contribution in [0.3, 0.4) is 0 Å². The molecule has 170 valence electrons. The maximum Gasteiger partial charge on any atom is 0.495 e. The average molecular weight is 497 g/mol. The van der Waals surface area contributed by atoms with Crippen LogP contribution >= 0.6 is 22.9 Å². The zero-order valence-electron chi connectivity index (χ0n) is 16.4. The lowest BCUT2D eigenvalue weighted by atomic mass is 10.2. The summed E-state index contributed by atoms with van der Waals surface area (Å²) >= 11 is 7.13. The molecule has 33 heavy (non-hydrogen) atoms. The van der Waals surface area contributed by atoms with Crippen LogP contribution in [0.1, 0.15) is 5.56 Å². The van der Waals surface area contributed by atoms with Gasteiger partial charge in [0.15, 0.2) is 11.2 Å². The van der Waals surface area contributed by atoms with E-state index < -0.39 is 18.2 Å². The van der Waals surface area contributed by atoms with Gasteiger partial charge in [-0.15, -0.1) is 11.3 Å². The lowest BCUT2D eigenvalue weighted by Gasteiger charge is -2.08. The Hall–Kier alpha value is -3.64. The number of aromatic amines is 1. The van der Waals surface area contributed by atoms with Crippen LogP contribution < -0.4 is 20.2 Å². The summed E-state index contributed by atoms with van der Waals surface area (Å²) < 4.78 is 39.2. The number of hydrogen-bond acceptors (Lipinski definition) is 5. The number of carbonyl (C=O) groups excluding carboxylic acids is 2. The normalized spacial score (nSPS) is 11.4. The maximum atomic E-state index is 12.8. The second-order valence-corrected chi connectivity index (χ2v) is 7.84. The number of hydrogen-bond donors (Lipinski definition) is 3. The van der Waals surface area contributed by atoms with Gasteiger partial charge in [0.25, 0.3) is 0 Å². The van der Waals surface area contributed by atoms with Gasteiger partial charge in [-0.25, -0.2) is 24.4 Å². The monoisotopic (exact) mass is 496 g/mol. The van der Waals surface area contributed by atoms with Crippen molar-refractivity contribution in [3.8, 4) is 11.5 Å². The topological polar surface area (TPSA) is 100.0 Å². The Labute approximate surface area is 192 Å². The molecule has 0 radical (unpaired) electrons. The van der Waals surface area contributed by atoms with Crippen molar-refractivity contribution < 1.29 is 32.3 Å². The average Bonchev–Trinajstić information content (AvgIpc) is 3.40. The van der Waals surface area contributed by atoms with Gasteiger partial charge in [0.1, 0.15) is 0 Å². The van der Waals surface area contributed by atoms with Crippen LogP contribution in [0.25, 0.3) is 22.6 Å². The Kier molecular flexibility index (Phi) is 6.20. The summed E-state index contributed by atoms with van der Waals surface area (Å²) in [6.07, 6.45) is -5.20. The minimum atomic E-state index is -5.20. The number of halogens is 4. The van der Waals surface area contributed by atoms with E-state index in [1.54, 1.807) is 35.7 Å². The highest BCUT2D eigenvalue weighted by atomic mass is 35.5. The third kappa shape index (κ3) is 5.23. The largest absolute Gasteiger partial charge is 0.495 e. The summed E-state index contributed by atoms with van der Waals surface area (Å²) in [5.41, 5.74) is 3.24. The van der Waals surface area contributed by atoms with Crippen molar-refractivity contribution in [1.29, 1.82) is 0 Å². The van der Waals surface area contributed by atoms with Crippen LogP contribution in [0.15, 0.2) is 53.4 Å². The van der Waals surface area contributed by atoms with Crippen molar-refractivity contribution >= 4 is 51.7 Å². The van der Waals surface area contributed by atoms with Crippen molar-refractivity contribution in [3.05, 3.63) is 63.9 Å². The standard InChI is InChI=1S/C20H13ClF3N5O3S/c21-12-3-1-2-11(6-12)8-25-19(31)27-13-4-5-14-16(7-13)29(32-18(30)20(22,23)24)17(28-14)15-9-33-10-26-15/h1-7,9-10H,8H2,(H2,25,27,31)/p+1. The van der Waals surface area contributed by atoms with Crippen molar-refractivity contribution in [2.24, 2.45) is 0 Å². The molecule has 4 aromatic rings. The second-order valence-electron chi connectivity index (χ2n) is 6.69. The summed E-state index contributed by atoms with van der Waals surface area (Å²) in [7, 11) is 0. The summed E-state index contributed by atoms with van der Waals surface area (Å²) in [5, 5.41) is 7.34. The number of imidazole rings is 1. The van der Waals surface area contributed by atoms with E-state index in [-0.39, 0.29) is 29.3 Å². The number of thiazole rings is 1. The number of carbonyl (C=O) groups is 2. The summed E-state index contributed by atoms with van der Waals surface area (Å²) in [5.74, 6) is -2.37. The van der Waals surface area contributed by atoms with E-state index in [2.05, 4.69) is 25.4 Å². The van der Waals surface area contributed by atoms with Crippen LogP contribution in [-0.4, -0.2) is 28.1 Å². The molecule has 0 aliphatic heterocycles. The van der Waals surface area contributed by atoms with Crippen molar-refractivity contribution in [3.63, 3.8) is 0 Å². The molecular weight excluding hydrogens is 483 g/mol. The number of fused-ring (bicyclic) bond motifs is 1. The smallest absolute Gasteiger partial charge is 0.334 e. The first-order valence-electron chi connectivity index (χ1n) is 9.26. The predicted octanol–water partition coefficient (Wildman–Crippen LogP) is 4.07. The fourth-order valence-electron chi connectivity index (χ4n) is 2.91. The zero-order chi connectivity index (χ0) is 23.6. The van der Waals surface area contributed by atoms with E-state index in [1.807, 2.05) is 0 Å². The molecule has 0 spiro atoms. The SMILES string of the molecule is O=C(NCc1cccc(Cl)c1)Nc1ccc2[nH]c(-c3cscn3)[n+](OC(=O)C(F)(F)F)c2c1. The summed E-state index contributed by atoms with van der Waals surface area (Å²) in [6.45, 7) is 0.204. The number of rotatable bonds is 5. The molecule has 13 heteroatoms. The Morgan fingerprint density at radius 1 is 1.21 bits per heavy atom. The molecule has 0 atom stereocenters. The van der Waals surface area contributed by atoms with E-state index in [4.69, 9.17) is 11.6 Å². The number of benzene rings is 2. The molecule has 0 fully saturated rings. The molecule has 2 aromatic heterocycles. The first-order chi connectivity index (χ1) is 15.7. The molecule has 4 rings (SSSR count). The Morgan fingerprint density at radius 2 is 2.03 bits per heavy atom. The molecule has 0 aliphatic carbocycles. The molecule has 0 saturated carbocycles. The van der Waals surface area contributed by atoms with E-state index in [1.165, 1.54) is 29.0 Å². The highest BCUT2D eigenvalue weighted by molar-refractivity contribution is 7.07. The minimum Gasteiger partial charge on any atom is -0.334 e. The molecular formula is C20H14ClF3N5O3S+. The van der Waals surface area contributed by atoms with Crippen molar-refractivity contribution in [2.45, 2.75) is 12.7 Å². The van der Waals surface area contributed by atoms with E-state index in [0.717, 1.165) is 5.56 Å². The van der Waals surface area contributed by atoms with Crippen LogP contribution in [0.2, 0.25) is 5.02 Å². The molecule has 2 heterocycles. The minimum absolute atomic E-state index is 0.0337. The number of alkyl halides is 3. The number of H-pyrrole nitrogens is 1. The highest BCUT2D eigenvalue weighted by Crippen LogP contribution is 2.22. The fraction of sp³-hybridized carbons (Fsp3) is 0.100. The summed E-state index contributed by atoms with van der Waals surface area (Å²) in [4.78, 5) is 35.3. The van der Waals surface area contributed by atoms with Gasteiger partial charge in [0.2, 0.25) is 5.52 Å². The van der Waals surface area contributed by atoms with E-state index in [9.17, 15) is 22.8 Å². The van der Waals surface area contributed by atoms with Crippen LogP contribution in [0, 0.1) is 0 Å². The Morgan fingerprint density at radius 3 is 2.73 bits per heavy atom. The van der Waals surface area contributed by atoms with Gasteiger partial charge in [0, 0.05) is 28.7 Å². The molecule has 0 bridgehead atoms. The Balaban J connectivity index is 1.59. The van der Waals surface area contributed by atoms with Crippen molar-refractivity contribution in [1.82, 2.24) is 15.3 Å². The summed E-state index contributed by atoms with van der Waals surface area (Å²) in [6, 6.07) is 10.8. The second kappa shape index (κ2) is 9.08. The van der Waals surface area contributed by atoms with Gasteiger partial charge >= 0.3 is 24.0 Å². The van der Waals surface area contributed by atoms with Gasteiger partial charge in [-0.05, 0) is 34.6 Å². The first-order valence-corrected chi connectivity index (χ1v) is 10.6. The molecule has 2 aromatic carbocycles. The van der Waals surface area contributed by atoms with Gasteiger partial charge in [-0.1, -0.05) is 23.7 Å². The van der Waals surface area contributed by atoms with Crippen LogP contribution in [0.4, 0.5) is 23.7 Å². The molecule has 8 nitrogen and oxygen atoms in total. The predicted molar refractivity (Wildman–Crippen MR) is 115 cm³/mol. The third-order valence-electron chi connectivity index (χ3n) is 4.35. The number of nitrogens with one attached hydrogen (secondary N) is 3. The molecule has 0 saturated heterocycles. The molecule has 3 N–H and O–H groups in total. The van der Waals surface area contributed by atoms with Gasteiger partial charge in [-0.2, -0.15) is 13.2 Å². The van der Waals surface area contributed by atoms with Crippen LogP contribution in [-0.2, 0) is 11.3 Å². The third-order valence-corrected chi connectivity index (χ3v) is 5.17. The number of nitrogens with zero attached hydrogens (tertiary/aromatic N) is 2. The Bertz CT molecular complexity index is 1320. The molecule has 0 aliphatic rings. The lowest BCUT2D eigenvalue weighted by molar-refractivity contribution is -0.841. The quantitative estimate of drug-likeness (QED) is 0.363. The van der Waals surface area contributed by atoms with Gasteiger partial charge < -0.3 is 10.6 Å². The maximum absolute atomic E-state index is 12.8. The number of amides is 2. The fourth-order valence-corrected chi connectivity index (χ4v) is 3.66. The van der Waals surface area contributed by atoms with E-state index >= 15 is 0 Å². The molecule has 2 amide bonds. The van der Waals surface area contributed by atoms with Gasteiger partial charge in [0.05, 0.1) is 5.51 Å². The van der Waals surface area contributed by atoms with Crippen molar-refractivity contribution in [2.75, 3.05) is 5.32 Å². The number of anilines is 1. The lowest BCUT2D eigenvalue weighted by Crippen LogP contribution is -2.51.